The Balaban J connectivity index is 2.20. The molecule has 94 valence electrons. The molecule has 0 N–H and O–H groups in total. The van der Waals surface area contributed by atoms with Crippen LogP contribution in [0.2, 0.25) is 5.02 Å². The zero-order valence-corrected chi connectivity index (χ0v) is 12.1. The second-order valence-electron chi connectivity index (χ2n) is 4.40. The van der Waals surface area contributed by atoms with Gasteiger partial charge in [0.05, 0.1) is 0 Å². The molecule has 0 aromatic heterocycles. The summed E-state index contributed by atoms with van der Waals surface area (Å²) in [5, 5.41) is 0.779. The van der Waals surface area contributed by atoms with Gasteiger partial charge in [-0.05, 0) is 50.0 Å². The van der Waals surface area contributed by atoms with Gasteiger partial charge in [0, 0.05) is 21.4 Å². The third kappa shape index (κ3) is 3.77. The van der Waals surface area contributed by atoms with Gasteiger partial charge in [-0.2, -0.15) is 0 Å². The molecule has 0 aliphatic carbocycles. The van der Waals surface area contributed by atoms with Crippen LogP contribution >= 0.6 is 23.4 Å². The SMILES string of the molecule is CN(C)Cc1ccccc1Sc1ccc(Cl)cc1. The lowest BCUT2D eigenvalue weighted by molar-refractivity contribution is 0.399. The zero-order valence-electron chi connectivity index (χ0n) is 10.6. The Hall–Kier alpha value is -0.960. The lowest BCUT2D eigenvalue weighted by Gasteiger charge is -2.13. The number of benzene rings is 2. The summed E-state index contributed by atoms with van der Waals surface area (Å²) in [7, 11) is 4.17. The minimum Gasteiger partial charge on any atom is -0.305 e. The van der Waals surface area contributed by atoms with Crippen LogP contribution in [0.5, 0.6) is 0 Å². The molecule has 0 saturated heterocycles. The van der Waals surface area contributed by atoms with E-state index in [4.69, 9.17) is 11.6 Å². The molecule has 2 rings (SSSR count). The van der Waals surface area contributed by atoms with Gasteiger partial charge in [-0.3, -0.25) is 0 Å². The van der Waals surface area contributed by atoms with Crippen LogP contribution in [0.1, 0.15) is 5.56 Å². The van der Waals surface area contributed by atoms with E-state index in [0.29, 0.717) is 0 Å². The summed E-state index contributed by atoms with van der Waals surface area (Å²) in [5.74, 6) is 0. The van der Waals surface area contributed by atoms with Gasteiger partial charge in [0.25, 0.3) is 0 Å². The number of hydrogen-bond acceptors (Lipinski definition) is 2. The Kier molecular flexibility index (Phi) is 4.70. The third-order valence-electron chi connectivity index (χ3n) is 2.50. The van der Waals surface area contributed by atoms with E-state index in [1.165, 1.54) is 15.4 Å². The van der Waals surface area contributed by atoms with Crippen LogP contribution in [0.3, 0.4) is 0 Å². The highest BCUT2D eigenvalue weighted by Crippen LogP contribution is 2.31. The van der Waals surface area contributed by atoms with Crippen molar-refractivity contribution < 1.29 is 0 Å². The number of rotatable bonds is 4. The van der Waals surface area contributed by atoms with E-state index in [-0.39, 0.29) is 0 Å². The Morgan fingerprint density at radius 1 is 1.00 bits per heavy atom. The van der Waals surface area contributed by atoms with E-state index >= 15 is 0 Å². The van der Waals surface area contributed by atoms with Crippen molar-refractivity contribution in [1.82, 2.24) is 4.90 Å². The Morgan fingerprint density at radius 2 is 1.67 bits per heavy atom. The van der Waals surface area contributed by atoms with Crippen molar-refractivity contribution in [3.63, 3.8) is 0 Å². The van der Waals surface area contributed by atoms with E-state index in [9.17, 15) is 0 Å². The molecule has 1 nitrogen and oxygen atoms in total. The first-order valence-corrected chi connectivity index (χ1v) is 7.00. The van der Waals surface area contributed by atoms with Crippen molar-refractivity contribution in [1.29, 1.82) is 0 Å². The van der Waals surface area contributed by atoms with E-state index in [1.807, 2.05) is 12.1 Å². The maximum absolute atomic E-state index is 5.90. The molecule has 0 aliphatic rings. The maximum atomic E-state index is 5.90. The summed E-state index contributed by atoms with van der Waals surface area (Å²) in [6.45, 7) is 0.955. The minimum atomic E-state index is 0.779. The van der Waals surface area contributed by atoms with Gasteiger partial charge in [-0.25, -0.2) is 0 Å². The number of hydrogen-bond donors (Lipinski definition) is 0. The van der Waals surface area contributed by atoms with Crippen LogP contribution in [-0.2, 0) is 6.54 Å². The Morgan fingerprint density at radius 3 is 2.33 bits per heavy atom. The average molecular weight is 278 g/mol. The summed E-state index contributed by atoms with van der Waals surface area (Å²) in [6, 6.07) is 16.5. The largest absolute Gasteiger partial charge is 0.305 e. The number of halogens is 1. The molecule has 0 unspecified atom stereocenters. The van der Waals surface area contributed by atoms with Crippen molar-refractivity contribution in [2.45, 2.75) is 16.3 Å². The van der Waals surface area contributed by atoms with Crippen molar-refractivity contribution in [2.24, 2.45) is 0 Å². The highest BCUT2D eigenvalue weighted by Gasteiger charge is 2.04. The molecule has 0 amide bonds. The molecule has 2 aromatic carbocycles. The minimum absolute atomic E-state index is 0.779. The van der Waals surface area contributed by atoms with E-state index in [1.54, 1.807) is 11.8 Å². The number of nitrogens with zero attached hydrogens (tertiary/aromatic N) is 1. The zero-order chi connectivity index (χ0) is 13.0. The third-order valence-corrected chi connectivity index (χ3v) is 3.88. The molecule has 0 bridgehead atoms. The second kappa shape index (κ2) is 6.28. The quantitative estimate of drug-likeness (QED) is 0.806. The molecular weight excluding hydrogens is 262 g/mol. The van der Waals surface area contributed by atoms with Gasteiger partial charge < -0.3 is 4.90 Å². The van der Waals surface area contributed by atoms with Gasteiger partial charge in [-0.15, -0.1) is 0 Å². The molecule has 0 saturated carbocycles. The summed E-state index contributed by atoms with van der Waals surface area (Å²) in [6.07, 6.45) is 0. The fourth-order valence-corrected chi connectivity index (χ4v) is 2.77. The van der Waals surface area contributed by atoms with Gasteiger partial charge in [0.2, 0.25) is 0 Å². The van der Waals surface area contributed by atoms with Crippen molar-refractivity contribution in [2.75, 3.05) is 14.1 Å². The average Bonchev–Trinajstić information content (AvgIpc) is 2.34. The molecule has 0 fully saturated rings. The predicted molar refractivity (Wildman–Crippen MR) is 79.4 cm³/mol. The summed E-state index contributed by atoms with van der Waals surface area (Å²) in [5.41, 5.74) is 1.35. The normalized spacial score (nSPS) is 10.9. The first kappa shape index (κ1) is 13.5. The second-order valence-corrected chi connectivity index (χ2v) is 5.95. The Labute approximate surface area is 118 Å². The summed E-state index contributed by atoms with van der Waals surface area (Å²) in [4.78, 5) is 4.69. The van der Waals surface area contributed by atoms with Crippen LogP contribution in [0.25, 0.3) is 0 Å². The molecule has 0 heterocycles. The Bertz CT molecular complexity index is 508. The van der Waals surface area contributed by atoms with Crippen molar-refractivity contribution >= 4 is 23.4 Å². The van der Waals surface area contributed by atoms with Gasteiger partial charge in [0.1, 0.15) is 0 Å². The topological polar surface area (TPSA) is 3.24 Å². The lowest BCUT2D eigenvalue weighted by Crippen LogP contribution is -2.11. The van der Waals surface area contributed by atoms with Gasteiger partial charge in [-0.1, -0.05) is 41.6 Å². The molecule has 0 atom stereocenters. The van der Waals surface area contributed by atoms with Gasteiger partial charge in [0.15, 0.2) is 0 Å². The molecule has 0 radical (unpaired) electrons. The highest BCUT2D eigenvalue weighted by molar-refractivity contribution is 7.99. The van der Waals surface area contributed by atoms with E-state index < -0.39 is 0 Å². The summed E-state index contributed by atoms with van der Waals surface area (Å²) >= 11 is 7.68. The van der Waals surface area contributed by atoms with E-state index in [0.717, 1.165) is 11.6 Å². The fourth-order valence-electron chi connectivity index (χ4n) is 1.70. The van der Waals surface area contributed by atoms with Crippen LogP contribution in [-0.4, -0.2) is 19.0 Å². The monoisotopic (exact) mass is 277 g/mol. The molecule has 0 spiro atoms. The fraction of sp³-hybridized carbons (Fsp3) is 0.200. The van der Waals surface area contributed by atoms with Crippen LogP contribution in [0, 0.1) is 0 Å². The van der Waals surface area contributed by atoms with Crippen LogP contribution in [0.15, 0.2) is 58.3 Å². The lowest BCUT2D eigenvalue weighted by atomic mass is 10.2. The standard InChI is InChI=1S/C15H16ClNS/c1-17(2)11-12-5-3-4-6-15(12)18-14-9-7-13(16)8-10-14/h3-10H,11H2,1-2H3. The van der Waals surface area contributed by atoms with Crippen LogP contribution < -0.4 is 0 Å². The molecule has 18 heavy (non-hydrogen) atoms. The van der Waals surface area contributed by atoms with Crippen molar-refractivity contribution in [3.8, 4) is 0 Å². The molecular formula is C15H16ClNS. The van der Waals surface area contributed by atoms with Crippen molar-refractivity contribution in [3.05, 3.63) is 59.1 Å². The molecule has 2 aromatic rings. The molecule has 3 heteroatoms. The van der Waals surface area contributed by atoms with E-state index in [2.05, 4.69) is 55.4 Å². The smallest absolute Gasteiger partial charge is 0.0406 e. The predicted octanol–water partition coefficient (Wildman–Crippen LogP) is 4.55. The molecule has 0 aliphatic heterocycles. The maximum Gasteiger partial charge on any atom is 0.0406 e. The first-order chi connectivity index (χ1) is 8.65. The first-order valence-electron chi connectivity index (χ1n) is 5.81. The summed E-state index contributed by atoms with van der Waals surface area (Å²) < 4.78 is 0. The highest BCUT2D eigenvalue weighted by atomic mass is 35.5. The van der Waals surface area contributed by atoms with Gasteiger partial charge >= 0.3 is 0 Å². The van der Waals surface area contributed by atoms with Crippen LogP contribution in [0.4, 0.5) is 0 Å².